The molecule has 29 heavy (non-hydrogen) atoms. The van der Waals surface area contributed by atoms with Crippen LogP contribution in [0.25, 0.3) is 11.3 Å². The molecule has 0 bridgehead atoms. The van der Waals surface area contributed by atoms with Crippen LogP contribution in [-0.4, -0.2) is 17.5 Å². The Kier molecular flexibility index (Phi) is 7.42. The monoisotopic (exact) mass is 408 g/mol. The van der Waals surface area contributed by atoms with Crippen molar-refractivity contribution in [1.82, 2.24) is 4.98 Å². The zero-order chi connectivity index (χ0) is 20.6. The predicted octanol–water partition coefficient (Wildman–Crippen LogP) is 6.75. The number of hydrogen-bond donors (Lipinski definition) is 1. The number of benzene rings is 2. The van der Waals surface area contributed by atoms with Crippen molar-refractivity contribution in [3.63, 3.8) is 0 Å². The zero-order valence-electron chi connectivity index (χ0n) is 17.3. The molecule has 0 aliphatic heterocycles. The molecule has 2 aromatic carbocycles. The highest BCUT2D eigenvalue weighted by Gasteiger charge is 2.11. The van der Waals surface area contributed by atoms with Crippen LogP contribution in [0.4, 0.5) is 5.13 Å². The average Bonchev–Trinajstić information content (AvgIpc) is 3.20. The molecule has 0 saturated heterocycles. The maximum absolute atomic E-state index is 12.5. The number of hydrogen-bond acceptors (Lipinski definition) is 4. The predicted molar refractivity (Wildman–Crippen MR) is 121 cm³/mol. The van der Waals surface area contributed by atoms with Crippen LogP contribution >= 0.6 is 11.3 Å². The van der Waals surface area contributed by atoms with Gasteiger partial charge in [0.15, 0.2) is 5.13 Å². The smallest absolute Gasteiger partial charge is 0.257 e. The van der Waals surface area contributed by atoms with Crippen molar-refractivity contribution in [3.8, 4) is 17.0 Å². The average molecular weight is 409 g/mol. The molecule has 0 atom stereocenters. The zero-order valence-corrected chi connectivity index (χ0v) is 18.1. The normalized spacial score (nSPS) is 10.9. The Bertz CT molecular complexity index is 915. The van der Waals surface area contributed by atoms with E-state index in [1.54, 1.807) is 12.1 Å². The first-order valence-corrected chi connectivity index (χ1v) is 11.0. The maximum Gasteiger partial charge on any atom is 0.257 e. The fourth-order valence-corrected chi connectivity index (χ4v) is 3.63. The van der Waals surface area contributed by atoms with Gasteiger partial charge >= 0.3 is 0 Å². The second-order valence-corrected chi connectivity index (χ2v) is 8.21. The van der Waals surface area contributed by atoms with E-state index in [1.165, 1.54) is 23.3 Å². The summed E-state index contributed by atoms with van der Waals surface area (Å²) in [5, 5.41) is 5.45. The number of nitrogens with zero attached hydrogens (tertiary/aromatic N) is 1. The highest BCUT2D eigenvalue weighted by Crippen LogP contribution is 2.27. The van der Waals surface area contributed by atoms with Gasteiger partial charge in [0.1, 0.15) is 5.75 Å². The summed E-state index contributed by atoms with van der Waals surface area (Å²) in [6, 6.07) is 15.7. The van der Waals surface area contributed by atoms with Crippen LogP contribution in [0.3, 0.4) is 0 Å². The summed E-state index contributed by atoms with van der Waals surface area (Å²) >= 11 is 1.43. The first kappa shape index (κ1) is 21.1. The summed E-state index contributed by atoms with van der Waals surface area (Å²) in [6.07, 6.45) is 3.38. The minimum absolute atomic E-state index is 0.168. The molecule has 1 N–H and O–H groups in total. The van der Waals surface area contributed by atoms with Crippen LogP contribution in [0, 0.1) is 0 Å². The summed E-state index contributed by atoms with van der Waals surface area (Å²) < 4.78 is 5.69. The third-order valence-corrected chi connectivity index (χ3v) is 5.49. The lowest BCUT2D eigenvalue weighted by Crippen LogP contribution is -2.11. The van der Waals surface area contributed by atoms with Gasteiger partial charge in [-0.05, 0) is 42.2 Å². The Hall–Kier alpha value is -2.66. The second-order valence-electron chi connectivity index (χ2n) is 7.35. The molecule has 0 saturated carbocycles. The van der Waals surface area contributed by atoms with E-state index in [-0.39, 0.29) is 5.91 Å². The molecule has 1 heterocycles. The van der Waals surface area contributed by atoms with Gasteiger partial charge in [-0.2, -0.15) is 0 Å². The van der Waals surface area contributed by atoms with E-state index >= 15 is 0 Å². The number of nitrogens with one attached hydrogen (secondary N) is 1. The van der Waals surface area contributed by atoms with Crippen LogP contribution in [-0.2, 0) is 0 Å². The van der Waals surface area contributed by atoms with Crippen molar-refractivity contribution in [1.29, 1.82) is 0 Å². The minimum Gasteiger partial charge on any atom is -0.494 e. The molecule has 3 aromatic rings. The Morgan fingerprint density at radius 1 is 1.07 bits per heavy atom. The molecule has 0 unspecified atom stereocenters. The lowest BCUT2D eigenvalue weighted by molar-refractivity contribution is 0.102. The second kappa shape index (κ2) is 10.2. The van der Waals surface area contributed by atoms with E-state index in [2.05, 4.69) is 55.3 Å². The van der Waals surface area contributed by atoms with Gasteiger partial charge in [0.25, 0.3) is 5.91 Å². The molecule has 1 aromatic heterocycles. The van der Waals surface area contributed by atoms with E-state index in [0.717, 1.165) is 29.8 Å². The van der Waals surface area contributed by atoms with Crippen molar-refractivity contribution in [2.24, 2.45) is 0 Å². The Balaban J connectivity index is 1.58. The summed E-state index contributed by atoms with van der Waals surface area (Å²) in [7, 11) is 0. The number of thiazole rings is 1. The Morgan fingerprint density at radius 3 is 2.45 bits per heavy atom. The van der Waals surface area contributed by atoms with Gasteiger partial charge in [-0.1, -0.05) is 57.9 Å². The van der Waals surface area contributed by atoms with Crippen molar-refractivity contribution in [2.45, 2.75) is 46.0 Å². The highest BCUT2D eigenvalue weighted by atomic mass is 32.1. The van der Waals surface area contributed by atoms with Gasteiger partial charge in [0, 0.05) is 16.5 Å². The number of amides is 1. The van der Waals surface area contributed by atoms with Crippen molar-refractivity contribution in [2.75, 3.05) is 11.9 Å². The minimum atomic E-state index is -0.168. The molecule has 0 spiro atoms. The molecule has 0 aliphatic carbocycles. The van der Waals surface area contributed by atoms with E-state index in [4.69, 9.17) is 4.74 Å². The van der Waals surface area contributed by atoms with Crippen molar-refractivity contribution < 1.29 is 9.53 Å². The third-order valence-electron chi connectivity index (χ3n) is 4.73. The number of carbonyl (C=O) groups excluding carboxylic acids is 1. The largest absolute Gasteiger partial charge is 0.494 e. The fraction of sp³-hybridized carbons (Fsp3) is 0.333. The van der Waals surface area contributed by atoms with Crippen molar-refractivity contribution in [3.05, 3.63) is 65.0 Å². The molecule has 0 fully saturated rings. The van der Waals surface area contributed by atoms with Crippen LogP contribution < -0.4 is 10.1 Å². The number of carbonyl (C=O) groups is 1. The van der Waals surface area contributed by atoms with Crippen LogP contribution in [0.1, 0.15) is 61.9 Å². The molecule has 3 rings (SSSR count). The number of unbranched alkanes of at least 4 members (excludes halogenated alkanes) is 2. The molecular weight excluding hydrogens is 380 g/mol. The third kappa shape index (κ3) is 5.91. The van der Waals surface area contributed by atoms with E-state index < -0.39 is 0 Å². The van der Waals surface area contributed by atoms with E-state index in [9.17, 15) is 4.79 Å². The molecule has 1 amide bonds. The summed E-state index contributed by atoms with van der Waals surface area (Å²) in [4.78, 5) is 17.1. The standard InChI is InChI=1S/C24H28N2O2S/c1-4-5-6-15-28-21-13-11-20(12-14-21)23(27)26-24-25-22(16-29-24)19-9-7-18(8-10-19)17(2)3/h7-14,16-17H,4-6,15H2,1-3H3,(H,25,26,27). The lowest BCUT2D eigenvalue weighted by Gasteiger charge is -2.07. The molecule has 152 valence electrons. The van der Waals surface area contributed by atoms with Crippen LogP contribution in [0.5, 0.6) is 5.75 Å². The first-order valence-electron chi connectivity index (χ1n) is 10.2. The van der Waals surface area contributed by atoms with Crippen molar-refractivity contribution >= 4 is 22.4 Å². The van der Waals surface area contributed by atoms with Gasteiger partial charge in [-0.3, -0.25) is 10.1 Å². The van der Waals surface area contributed by atoms with Gasteiger partial charge in [0.2, 0.25) is 0 Å². The SMILES string of the molecule is CCCCCOc1ccc(C(=O)Nc2nc(-c3ccc(C(C)C)cc3)cs2)cc1. The number of aromatic nitrogens is 1. The number of rotatable bonds is 9. The lowest BCUT2D eigenvalue weighted by atomic mass is 10.0. The van der Waals surface area contributed by atoms with E-state index in [1.807, 2.05) is 17.5 Å². The van der Waals surface area contributed by atoms with Crippen LogP contribution in [0.15, 0.2) is 53.9 Å². The Morgan fingerprint density at radius 2 is 1.79 bits per heavy atom. The maximum atomic E-state index is 12.5. The molecule has 5 heteroatoms. The molecule has 0 aliphatic rings. The van der Waals surface area contributed by atoms with Gasteiger partial charge < -0.3 is 4.74 Å². The quantitative estimate of drug-likeness (QED) is 0.398. The Labute approximate surface area is 177 Å². The molecule has 0 radical (unpaired) electrons. The fourth-order valence-electron chi connectivity index (χ4n) is 2.92. The topological polar surface area (TPSA) is 51.2 Å². The molecular formula is C24H28N2O2S. The van der Waals surface area contributed by atoms with Crippen LogP contribution in [0.2, 0.25) is 0 Å². The number of anilines is 1. The van der Waals surface area contributed by atoms with Gasteiger partial charge in [0.05, 0.1) is 12.3 Å². The van der Waals surface area contributed by atoms with E-state index in [0.29, 0.717) is 23.2 Å². The van der Waals surface area contributed by atoms with Gasteiger partial charge in [-0.15, -0.1) is 11.3 Å². The highest BCUT2D eigenvalue weighted by molar-refractivity contribution is 7.14. The number of ether oxygens (including phenoxy) is 1. The van der Waals surface area contributed by atoms with Gasteiger partial charge in [-0.25, -0.2) is 4.98 Å². The molecule has 4 nitrogen and oxygen atoms in total. The summed E-state index contributed by atoms with van der Waals surface area (Å²) in [6.45, 7) is 7.23. The first-order chi connectivity index (χ1) is 14.1. The summed E-state index contributed by atoms with van der Waals surface area (Å²) in [5.41, 5.74) is 3.81. The summed E-state index contributed by atoms with van der Waals surface area (Å²) in [5.74, 6) is 1.13.